The smallest absolute Gasteiger partial charge is 0.277 e. The van der Waals surface area contributed by atoms with E-state index in [0.29, 0.717) is 22.8 Å². The van der Waals surface area contributed by atoms with Gasteiger partial charge in [-0.05, 0) is 36.1 Å². The summed E-state index contributed by atoms with van der Waals surface area (Å²) in [5.74, 6) is 2.46. The first-order valence-corrected chi connectivity index (χ1v) is 11.6. The number of ether oxygens (including phenoxy) is 1. The molecule has 2 aromatic carbocycles. The molecule has 0 N–H and O–H groups in total. The highest BCUT2D eigenvalue weighted by atomic mass is 32.2. The third-order valence-electron chi connectivity index (χ3n) is 4.52. The van der Waals surface area contributed by atoms with Crippen LogP contribution in [0.25, 0.3) is 10.6 Å². The Morgan fingerprint density at radius 1 is 1.10 bits per heavy atom. The Kier molecular flexibility index (Phi) is 6.50. The first-order valence-electron chi connectivity index (χ1n) is 9.76. The molecule has 30 heavy (non-hydrogen) atoms. The van der Waals surface area contributed by atoms with Gasteiger partial charge in [0, 0.05) is 16.7 Å². The largest absolute Gasteiger partial charge is 0.484 e. The number of aromatic nitrogens is 3. The lowest BCUT2D eigenvalue weighted by Crippen LogP contribution is -1.95. The predicted octanol–water partition coefficient (Wildman–Crippen LogP) is 6.50. The Bertz CT molecular complexity index is 1100. The van der Waals surface area contributed by atoms with Crippen molar-refractivity contribution in [3.8, 4) is 16.3 Å². The summed E-state index contributed by atoms with van der Waals surface area (Å²) in [6.07, 6.45) is 0. The maximum atomic E-state index is 5.71. The minimum Gasteiger partial charge on any atom is -0.484 e. The maximum Gasteiger partial charge on any atom is 0.277 e. The van der Waals surface area contributed by atoms with Crippen LogP contribution in [0.2, 0.25) is 0 Å². The van der Waals surface area contributed by atoms with Crippen LogP contribution in [0.4, 0.5) is 0 Å². The zero-order valence-electron chi connectivity index (χ0n) is 17.2. The van der Waals surface area contributed by atoms with Gasteiger partial charge in [-0.1, -0.05) is 62.0 Å². The lowest BCUT2D eigenvalue weighted by atomic mass is 10.0. The molecular weight excluding hydrogens is 414 g/mol. The number of thiazole rings is 1. The first kappa shape index (κ1) is 20.6. The molecule has 0 spiro atoms. The van der Waals surface area contributed by atoms with Gasteiger partial charge in [-0.25, -0.2) is 4.98 Å². The average Bonchev–Trinajstić information content (AvgIpc) is 3.40. The third kappa shape index (κ3) is 5.29. The van der Waals surface area contributed by atoms with Crippen LogP contribution < -0.4 is 4.74 Å². The fourth-order valence-electron chi connectivity index (χ4n) is 2.86. The molecule has 7 heteroatoms. The summed E-state index contributed by atoms with van der Waals surface area (Å²) in [7, 11) is 0. The van der Waals surface area contributed by atoms with Crippen molar-refractivity contribution in [3.63, 3.8) is 0 Å². The Hall–Kier alpha value is -2.64. The Balaban J connectivity index is 1.31. The summed E-state index contributed by atoms with van der Waals surface area (Å²) >= 11 is 3.13. The highest BCUT2D eigenvalue weighted by molar-refractivity contribution is 7.98. The summed E-state index contributed by atoms with van der Waals surface area (Å²) in [6, 6.07) is 16.5. The minimum absolute atomic E-state index is 0.254. The highest BCUT2D eigenvalue weighted by Gasteiger charge is 2.11. The zero-order chi connectivity index (χ0) is 20.9. The molecular formula is C23H23N3O2S2. The number of hydrogen-bond acceptors (Lipinski definition) is 7. The van der Waals surface area contributed by atoms with Crippen LogP contribution in [-0.2, 0) is 12.4 Å². The van der Waals surface area contributed by atoms with Gasteiger partial charge in [0.25, 0.3) is 11.1 Å². The van der Waals surface area contributed by atoms with Gasteiger partial charge in [0.1, 0.15) is 10.8 Å². The quantitative estimate of drug-likeness (QED) is 0.293. The third-order valence-corrected chi connectivity index (χ3v) is 6.31. The van der Waals surface area contributed by atoms with E-state index in [-0.39, 0.29) is 6.61 Å². The van der Waals surface area contributed by atoms with E-state index in [0.717, 1.165) is 27.6 Å². The molecule has 154 valence electrons. The van der Waals surface area contributed by atoms with E-state index >= 15 is 0 Å². The van der Waals surface area contributed by atoms with Crippen molar-refractivity contribution >= 4 is 23.1 Å². The van der Waals surface area contributed by atoms with E-state index in [1.54, 1.807) is 11.3 Å². The number of benzene rings is 2. The molecule has 0 unspecified atom stereocenters. The summed E-state index contributed by atoms with van der Waals surface area (Å²) in [5, 5.41) is 11.8. The molecule has 4 rings (SSSR count). The fraction of sp³-hybridized carbons (Fsp3) is 0.261. The lowest BCUT2D eigenvalue weighted by Gasteiger charge is -2.05. The van der Waals surface area contributed by atoms with Gasteiger partial charge in [-0.15, -0.1) is 21.5 Å². The van der Waals surface area contributed by atoms with Crippen molar-refractivity contribution in [1.82, 2.24) is 15.2 Å². The molecule has 2 heterocycles. The van der Waals surface area contributed by atoms with Crippen LogP contribution in [0.5, 0.6) is 5.75 Å². The van der Waals surface area contributed by atoms with Crippen LogP contribution in [0.15, 0.2) is 63.6 Å². The SMILES string of the molecule is Cc1cccc(OCc2nnc(SCc3csc(-c4ccc(C(C)C)cc4)n3)o2)c1. The molecule has 0 saturated carbocycles. The van der Waals surface area contributed by atoms with Gasteiger partial charge >= 0.3 is 0 Å². The Labute approximate surface area is 184 Å². The fourth-order valence-corrected chi connectivity index (χ4v) is 4.46. The number of hydrogen-bond donors (Lipinski definition) is 0. The van der Waals surface area contributed by atoms with E-state index in [4.69, 9.17) is 14.1 Å². The first-order chi connectivity index (χ1) is 14.6. The second kappa shape index (κ2) is 9.45. The maximum absolute atomic E-state index is 5.71. The van der Waals surface area contributed by atoms with Crippen molar-refractivity contribution < 1.29 is 9.15 Å². The minimum atomic E-state index is 0.254. The summed E-state index contributed by atoms with van der Waals surface area (Å²) in [5.41, 5.74) is 4.63. The lowest BCUT2D eigenvalue weighted by molar-refractivity contribution is 0.252. The van der Waals surface area contributed by atoms with Crippen molar-refractivity contribution in [3.05, 3.63) is 76.6 Å². The Morgan fingerprint density at radius 2 is 1.93 bits per heavy atom. The molecule has 0 amide bonds. The van der Waals surface area contributed by atoms with Gasteiger partial charge in [-0.3, -0.25) is 0 Å². The van der Waals surface area contributed by atoms with Crippen LogP contribution in [0.1, 0.15) is 42.5 Å². The van der Waals surface area contributed by atoms with Gasteiger partial charge in [-0.2, -0.15) is 0 Å². The number of thioether (sulfide) groups is 1. The Morgan fingerprint density at radius 3 is 2.70 bits per heavy atom. The molecule has 0 aliphatic carbocycles. The normalized spacial score (nSPS) is 11.2. The average molecular weight is 438 g/mol. The molecule has 0 aliphatic heterocycles. The summed E-state index contributed by atoms with van der Waals surface area (Å²) in [6.45, 7) is 6.68. The van der Waals surface area contributed by atoms with E-state index in [1.165, 1.54) is 17.3 Å². The van der Waals surface area contributed by atoms with Crippen molar-refractivity contribution in [2.24, 2.45) is 0 Å². The van der Waals surface area contributed by atoms with Crippen molar-refractivity contribution in [2.75, 3.05) is 0 Å². The second-order valence-electron chi connectivity index (χ2n) is 7.28. The summed E-state index contributed by atoms with van der Waals surface area (Å²) < 4.78 is 11.4. The molecule has 0 radical (unpaired) electrons. The van der Waals surface area contributed by atoms with Crippen LogP contribution in [-0.4, -0.2) is 15.2 Å². The van der Waals surface area contributed by atoms with E-state index < -0.39 is 0 Å². The van der Waals surface area contributed by atoms with Crippen molar-refractivity contribution in [2.45, 2.75) is 44.3 Å². The molecule has 0 aliphatic rings. The standard InChI is InChI=1S/C23H23N3O2S2/c1-15(2)17-7-9-18(10-8-17)22-24-19(13-29-22)14-30-23-26-25-21(28-23)12-27-20-6-4-5-16(3)11-20/h4-11,13,15H,12,14H2,1-3H3. The molecule has 4 aromatic rings. The molecule has 2 aromatic heterocycles. The zero-order valence-corrected chi connectivity index (χ0v) is 18.8. The molecule has 0 fully saturated rings. The van der Waals surface area contributed by atoms with Gasteiger partial charge in [0.2, 0.25) is 0 Å². The molecule has 0 bridgehead atoms. The molecule has 0 atom stereocenters. The topological polar surface area (TPSA) is 61.0 Å². The molecule has 5 nitrogen and oxygen atoms in total. The monoisotopic (exact) mass is 437 g/mol. The van der Waals surface area contributed by atoms with Crippen LogP contribution in [0.3, 0.4) is 0 Å². The van der Waals surface area contributed by atoms with Crippen LogP contribution >= 0.6 is 23.1 Å². The van der Waals surface area contributed by atoms with Crippen molar-refractivity contribution in [1.29, 1.82) is 0 Å². The second-order valence-corrected chi connectivity index (χ2v) is 9.06. The number of nitrogens with zero attached hydrogens (tertiary/aromatic N) is 3. The van der Waals surface area contributed by atoms with E-state index in [1.807, 2.05) is 31.2 Å². The van der Waals surface area contributed by atoms with Gasteiger partial charge in [0.15, 0.2) is 6.61 Å². The summed E-state index contributed by atoms with van der Waals surface area (Å²) in [4.78, 5) is 4.74. The van der Waals surface area contributed by atoms with Gasteiger partial charge in [0.05, 0.1) is 5.69 Å². The van der Waals surface area contributed by atoms with Crippen LogP contribution in [0, 0.1) is 6.92 Å². The predicted molar refractivity (Wildman–Crippen MR) is 121 cm³/mol. The number of aryl methyl sites for hydroxylation is 1. The highest BCUT2D eigenvalue weighted by Crippen LogP contribution is 2.28. The van der Waals surface area contributed by atoms with E-state index in [9.17, 15) is 0 Å². The number of rotatable bonds is 8. The van der Waals surface area contributed by atoms with E-state index in [2.05, 4.69) is 53.7 Å². The van der Waals surface area contributed by atoms with Gasteiger partial charge < -0.3 is 9.15 Å². The molecule has 0 saturated heterocycles.